The number of rotatable bonds is 5. The van der Waals surface area contributed by atoms with Crippen molar-refractivity contribution in [2.24, 2.45) is 0 Å². The number of amides is 1. The molecule has 0 bridgehead atoms. The summed E-state index contributed by atoms with van der Waals surface area (Å²) in [5.41, 5.74) is 1.88. The molecule has 2 aromatic heterocycles. The third-order valence-electron chi connectivity index (χ3n) is 4.78. The summed E-state index contributed by atoms with van der Waals surface area (Å²) in [4.78, 5) is 22.9. The lowest BCUT2D eigenvalue weighted by atomic mass is 10.1. The summed E-state index contributed by atoms with van der Waals surface area (Å²) in [5, 5.41) is 0. The first kappa shape index (κ1) is 17.3. The first-order valence-electron chi connectivity index (χ1n) is 9.19. The molecule has 27 heavy (non-hydrogen) atoms. The monoisotopic (exact) mass is 362 g/mol. The van der Waals surface area contributed by atoms with Crippen LogP contribution in [0.4, 0.5) is 0 Å². The molecule has 138 valence electrons. The van der Waals surface area contributed by atoms with Gasteiger partial charge in [-0.1, -0.05) is 18.2 Å². The molecule has 1 amide bonds. The van der Waals surface area contributed by atoms with Gasteiger partial charge in [0.25, 0.3) is 5.91 Å². The van der Waals surface area contributed by atoms with E-state index in [0.29, 0.717) is 19.0 Å². The van der Waals surface area contributed by atoms with E-state index < -0.39 is 0 Å². The molecular weight excluding hydrogens is 340 g/mol. The van der Waals surface area contributed by atoms with E-state index in [1.807, 2.05) is 58.1 Å². The molecule has 6 nitrogen and oxygen atoms in total. The molecule has 1 aliphatic heterocycles. The van der Waals surface area contributed by atoms with Crippen LogP contribution in [0.25, 0.3) is 0 Å². The first-order chi connectivity index (χ1) is 13.3. The number of aromatic nitrogens is 3. The molecule has 4 rings (SSSR count). The van der Waals surface area contributed by atoms with Crippen molar-refractivity contribution in [3.05, 3.63) is 78.5 Å². The van der Waals surface area contributed by atoms with E-state index in [1.54, 1.807) is 18.7 Å². The lowest BCUT2D eigenvalue weighted by molar-refractivity contribution is 0.0588. The Balaban J connectivity index is 1.31. The second kappa shape index (κ2) is 8.03. The molecule has 0 aliphatic carbocycles. The summed E-state index contributed by atoms with van der Waals surface area (Å²) < 4.78 is 7.90. The molecule has 0 unspecified atom stereocenters. The number of likely N-dealkylation sites (tertiary alicyclic amines) is 1. The summed E-state index contributed by atoms with van der Waals surface area (Å²) in [6.07, 6.45) is 8.96. The summed E-state index contributed by atoms with van der Waals surface area (Å²) in [6.45, 7) is 2.16. The van der Waals surface area contributed by atoms with E-state index in [1.165, 1.54) is 0 Å². The normalized spacial score (nSPS) is 14.9. The molecule has 3 heterocycles. The number of piperidine rings is 1. The van der Waals surface area contributed by atoms with Crippen LogP contribution >= 0.6 is 0 Å². The third-order valence-corrected chi connectivity index (χ3v) is 4.78. The number of pyridine rings is 1. The van der Waals surface area contributed by atoms with Gasteiger partial charge in [0.1, 0.15) is 6.10 Å². The van der Waals surface area contributed by atoms with Crippen molar-refractivity contribution in [3.8, 4) is 5.88 Å². The molecule has 0 N–H and O–H groups in total. The van der Waals surface area contributed by atoms with Gasteiger partial charge in [-0.3, -0.25) is 4.79 Å². The second-order valence-corrected chi connectivity index (χ2v) is 6.71. The quantitative estimate of drug-likeness (QED) is 0.700. The number of imidazole rings is 1. The van der Waals surface area contributed by atoms with Crippen molar-refractivity contribution in [3.63, 3.8) is 0 Å². The summed E-state index contributed by atoms with van der Waals surface area (Å²) >= 11 is 0. The average Bonchev–Trinajstić information content (AvgIpc) is 3.22. The highest BCUT2D eigenvalue weighted by atomic mass is 16.5. The number of hydrogen-bond acceptors (Lipinski definition) is 4. The number of benzene rings is 1. The van der Waals surface area contributed by atoms with Gasteiger partial charge in [0.2, 0.25) is 5.88 Å². The minimum Gasteiger partial charge on any atom is -0.474 e. The van der Waals surface area contributed by atoms with Crippen LogP contribution in [0.15, 0.2) is 67.4 Å². The van der Waals surface area contributed by atoms with E-state index in [4.69, 9.17) is 4.74 Å². The fourth-order valence-electron chi connectivity index (χ4n) is 3.29. The van der Waals surface area contributed by atoms with Gasteiger partial charge in [0.05, 0.1) is 6.33 Å². The molecule has 3 aromatic rings. The fraction of sp³-hybridized carbons (Fsp3) is 0.286. The predicted molar refractivity (Wildman–Crippen MR) is 102 cm³/mol. The van der Waals surface area contributed by atoms with Crippen molar-refractivity contribution in [2.45, 2.75) is 25.5 Å². The summed E-state index contributed by atoms with van der Waals surface area (Å²) in [7, 11) is 0. The van der Waals surface area contributed by atoms with Crippen molar-refractivity contribution in [2.75, 3.05) is 13.1 Å². The molecule has 0 atom stereocenters. The zero-order chi connectivity index (χ0) is 18.5. The maximum absolute atomic E-state index is 12.8. The van der Waals surface area contributed by atoms with Gasteiger partial charge in [0, 0.05) is 62.7 Å². The Morgan fingerprint density at radius 3 is 2.56 bits per heavy atom. The maximum atomic E-state index is 12.8. The highest BCUT2D eigenvalue weighted by molar-refractivity contribution is 5.94. The van der Waals surface area contributed by atoms with Crippen molar-refractivity contribution in [1.29, 1.82) is 0 Å². The number of carbonyl (C=O) groups excluding carboxylic acids is 1. The standard InChI is InChI=1S/C21H22N4O2/c26-21(18-6-4-17(5-7-18)15-24-14-11-22-16-24)25-12-8-19(9-13-25)27-20-3-1-2-10-23-20/h1-7,10-11,14,16,19H,8-9,12-13,15H2. The molecule has 1 fully saturated rings. The Kier molecular flexibility index (Phi) is 5.14. The molecule has 1 aromatic carbocycles. The number of nitrogens with zero attached hydrogens (tertiary/aromatic N) is 4. The minimum atomic E-state index is 0.0838. The van der Waals surface area contributed by atoms with Crippen LogP contribution < -0.4 is 4.74 Å². The van der Waals surface area contributed by atoms with Crippen LogP contribution in [0.2, 0.25) is 0 Å². The molecule has 1 aliphatic rings. The Hall–Kier alpha value is -3.15. The SMILES string of the molecule is O=C(c1ccc(Cn2ccnc2)cc1)N1CCC(Oc2ccccn2)CC1. The van der Waals surface area contributed by atoms with Crippen LogP contribution in [-0.4, -0.2) is 44.5 Å². The third kappa shape index (κ3) is 4.34. The van der Waals surface area contributed by atoms with Crippen molar-refractivity contribution >= 4 is 5.91 Å². The topological polar surface area (TPSA) is 60.2 Å². The molecule has 0 radical (unpaired) electrons. The zero-order valence-electron chi connectivity index (χ0n) is 15.1. The Morgan fingerprint density at radius 1 is 1.07 bits per heavy atom. The van der Waals surface area contributed by atoms with Crippen LogP contribution in [0.1, 0.15) is 28.8 Å². The van der Waals surface area contributed by atoms with Crippen LogP contribution in [-0.2, 0) is 6.54 Å². The number of carbonyl (C=O) groups is 1. The van der Waals surface area contributed by atoms with Gasteiger partial charge >= 0.3 is 0 Å². The highest BCUT2D eigenvalue weighted by Gasteiger charge is 2.24. The highest BCUT2D eigenvalue weighted by Crippen LogP contribution is 2.19. The van der Waals surface area contributed by atoms with E-state index in [2.05, 4.69) is 9.97 Å². The van der Waals surface area contributed by atoms with Crippen LogP contribution in [0.3, 0.4) is 0 Å². The average molecular weight is 362 g/mol. The second-order valence-electron chi connectivity index (χ2n) is 6.71. The lowest BCUT2D eigenvalue weighted by Crippen LogP contribution is -2.41. The van der Waals surface area contributed by atoms with Gasteiger partial charge in [-0.05, 0) is 23.8 Å². The number of hydrogen-bond donors (Lipinski definition) is 0. The maximum Gasteiger partial charge on any atom is 0.253 e. The van der Waals surface area contributed by atoms with Crippen molar-refractivity contribution < 1.29 is 9.53 Å². The molecule has 0 saturated carbocycles. The summed E-state index contributed by atoms with van der Waals surface area (Å²) in [5.74, 6) is 0.733. The fourth-order valence-corrected chi connectivity index (χ4v) is 3.29. The lowest BCUT2D eigenvalue weighted by Gasteiger charge is -2.32. The van der Waals surface area contributed by atoms with E-state index in [0.717, 1.165) is 30.5 Å². The van der Waals surface area contributed by atoms with Gasteiger partial charge in [-0.25, -0.2) is 9.97 Å². The Morgan fingerprint density at radius 2 is 1.89 bits per heavy atom. The van der Waals surface area contributed by atoms with E-state index >= 15 is 0 Å². The zero-order valence-corrected chi connectivity index (χ0v) is 15.1. The van der Waals surface area contributed by atoms with Crippen LogP contribution in [0.5, 0.6) is 5.88 Å². The Labute approximate surface area is 158 Å². The Bertz CT molecular complexity index is 855. The minimum absolute atomic E-state index is 0.0838. The smallest absolute Gasteiger partial charge is 0.253 e. The summed E-state index contributed by atoms with van der Waals surface area (Å²) in [6, 6.07) is 13.5. The number of ether oxygens (including phenoxy) is 1. The van der Waals surface area contributed by atoms with E-state index in [9.17, 15) is 4.79 Å². The molecule has 6 heteroatoms. The molecule has 1 saturated heterocycles. The van der Waals surface area contributed by atoms with Crippen LogP contribution in [0, 0.1) is 0 Å². The largest absolute Gasteiger partial charge is 0.474 e. The molecule has 0 spiro atoms. The van der Waals surface area contributed by atoms with Gasteiger partial charge < -0.3 is 14.2 Å². The first-order valence-corrected chi connectivity index (χ1v) is 9.19. The van der Waals surface area contributed by atoms with Gasteiger partial charge in [-0.15, -0.1) is 0 Å². The predicted octanol–water partition coefficient (Wildman–Crippen LogP) is 3.01. The van der Waals surface area contributed by atoms with Gasteiger partial charge in [-0.2, -0.15) is 0 Å². The van der Waals surface area contributed by atoms with Crippen molar-refractivity contribution in [1.82, 2.24) is 19.4 Å². The van der Waals surface area contributed by atoms with Gasteiger partial charge in [0.15, 0.2) is 0 Å². The molecular formula is C21H22N4O2. The van der Waals surface area contributed by atoms with E-state index in [-0.39, 0.29) is 12.0 Å².